The second-order valence-electron chi connectivity index (χ2n) is 5.59. The maximum Gasteiger partial charge on any atom is 0.232 e. The number of ether oxygens (including phenoxy) is 1. The molecule has 4 heteroatoms. The molecule has 1 aromatic rings. The minimum absolute atomic E-state index is 0.163. The lowest BCUT2D eigenvalue weighted by atomic mass is 10.1. The van der Waals surface area contributed by atoms with Crippen LogP contribution in [0, 0.1) is 0 Å². The van der Waals surface area contributed by atoms with E-state index in [-0.39, 0.29) is 6.10 Å². The Labute approximate surface area is 134 Å². The summed E-state index contributed by atoms with van der Waals surface area (Å²) < 4.78 is 5.84. The predicted molar refractivity (Wildman–Crippen MR) is 90.1 cm³/mol. The van der Waals surface area contributed by atoms with Crippen molar-refractivity contribution >= 4 is 11.6 Å². The SMILES string of the molecule is CCCCCCC(C)Oc1ncc(CNCCC)cc1Cl. The van der Waals surface area contributed by atoms with Crippen LogP contribution in [-0.2, 0) is 6.54 Å². The molecule has 0 saturated carbocycles. The molecule has 0 radical (unpaired) electrons. The van der Waals surface area contributed by atoms with Gasteiger partial charge in [-0.05, 0) is 44.4 Å². The second-order valence-corrected chi connectivity index (χ2v) is 5.99. The van der Waals surface area contributed by atoms with E-state index >= 15 is 0 Å². The fourth-order valence-corrected chi connectivity index (χ4v) is 2.40. The van der Waals surface area contributed by atoms with Crippen molar-refractivity contribution in [2.24, 2.45) is 0 Å². The zero-order valence-corrected chi connectivity index (χ0v) is 14.4. The highest BCUT2D eigenvalue weighted by atomic mass is 35.5. The van der Waals surface area contributed by atoms with Gasteiger partial charge in [-0.25, -0.2) is 4.98 Å². The maximum atomic E-state index is 6.25. The fourth-order valence-electron chi connectivity index (χ4n) is 2.17. The van der Waals surface area contributed by atoms with Crippen LogP contribution in [0.4, 0.5) is 0 Å². The summed E-state index contributed by atoms with van der Waals surface area (Å²) in [6.45, 7) is 8.26. The van der Waals surface area contributed by atoms with Crippen LogP contribution in [0.15, 0.2) is 12.3 Å². The summed E-state index contributed by atoms with van der Waals surface area (Å²) in [5.41, 5.74) is 1.09. The van der Waals surface area contributed by atoms with Crippen LogP contribution in [0.2, 0.25) is 5.02 Å². The van der Waals surface area contributed by atoms with Crippen LogP contribution < -0.4 is 10.1 Å². The van der Waals surface area contributed by atoms with Crippen LogP contribution in [-0.4, -0.2) is 17.6 Å². The van der Waals surface area contributed by atoms with Gasteiger partial charge in [0, 0.05) is 12.7 Å². The molecule has 21 heavy (non-hydrogen) atoms. The minimum Gasteiger partial charge on any atom is -0.474 e. The highest BCUT2D eigenvalue weighted by Crippen LogP contribution is 2.24. The largest absolute Gasteiger partial charge is 0.474 e. The molecule has 1 unspecified atom stereocenters. The summed E-state index contributed by atoms with van der Waals surface area (Å²) in [6.07, 6.45) is 9.21. The molecule has 0 aliphatic heterocycles. The first-order chi connectivity index (χ1) is 10.2. The molecule has 0 aromatic carbocycles. The molecule has 0 bridgehead atoms. The summed E-state index contributed by atoms with van der Waals surface area (Å²) in [5.74, 6) is 0.555. The van der Waals surface area contributed by atoms with Gasteiger partial charge < -0.3 is 10.1 Å². The number of pyridine rings is 1. The molecule has 120 valence electrons. The van der Waals surface area contributed by atoms with E-state index in [2.05, 4.69) is 31.1 Å². The Bertz CT molecular complexity index is 398. The Morgan fingerprint density at radius 3 is 2.71 bits per heavy atom. The lowest BCUT2D eigenvalue weighted by molar-refractivity contribution is 0.198. The Morgan fingerprint density at radius 1 is 1.24 bits per heavy atom. The Balaban J connectivity index is 2.40. The van der Waals surface area contributed by atoms with Gasteiger partial charge in [-0.2, -0.15) is 0 Å². The van der Waals surface area contributed by atoms with Crippen molar-refractivity contribution in [1.29, 1.82) is 0 Å². The first-order valence-corrected chi connectivity index (χ1v) is 8.57. The Kier molecular flexibility index (Phi) is 9.44. The van der Waals surface area contributed by atoms with E-state index in [1.54, 1.807) is 0 Å². The molecule has 0 saturated heterocycles. The van der Waals surface area contributed by atoms with Crippen molar-refractivity contribution in [3.8, 4) is 5.88 Å². The zero-order valence-electron chi connectivity index (χ0n) is 13.6. The number of nitrogens with one attached hydrogen (secondary N) is 1. The molecule has 1 atom stereocenters. The van der Waals surface area contributed by atoms with E-state index in [9.17, 15) is 0 Å². The smallest absolute Gasteiger partial charge is 0.232 e. The van der Waals surface area contributed by atoms with Gasteiger partial charge in [0.2, 0.25) is 5.88 Å². The van der Waals surface area contributed by atoms with Gasteiger partial charge in [0.05, 0.1) is 6.10 Å². The molecule has 0 aliphatic carbocycles. The molecule has 1 rings (SSSR count). The molecule has 3 nitrogen and oxygen atoms in total. The number of hydrogen-bond donors (Lipinski definition) is 1. The molecule has 1 heterocycles. The van der Waals surface area contributed by atoms with E-state index in [1.807, 2.05) is 12.3 Å². The molecule has 0 amide bonds. The summed E-state index contributed by atoms with van der Waals surface area (Å²) in [5, 5.41) is 3.94. The predicted octanol–water partition coefficient (Wildman–Crippen LogP) is 4.97. The van der Waals surface area contributed by atoms with Gasteiger partial charge in [0.25, 0.3) is 0 Å². The maximum absolute atomic E-state index is 6.25. The fraction of sp³-hybridized carbons (Fsp3) is 0.706. The summed E-state index contributed by atoms with van der Waals surface area (Å²) >= 11 is 6.25. The van der Waals surface area contributed by atoms with Gasteiger partial charge in [0.1, 0.15) is 5.02 Å². The summed E-state index contributed by atoms with van der Waals surface area (Å²) in [4.78, 5) is 4.35. The molecule has 0 aliphatic rings. The van der Waals surface area contributed by atoms with Gasteiger partial charge in [-0.3, -0.25) is 0 Å². The average molecular weight is 313 g/mol. The lowest BCUT2D eigenvalue weighted by Crippen LogP contribution is -2.15. The number of halogens is 1. The number of aromatic nitrogens is 1. The third-order valence-electron chi connectivity index (χ3n) is 3.40. The molecule has 0 spiro atoms. The van der Waals surface area contributed by atoms with Gasteiger partial charge in [0.15, 0.2) is 0 Å². The monoisotopic (exact) mass is 312 g/mol. The highest BCUT2D eigenvalue weighted by Gasteiger charge is 2.09. The van der Waals surface area contributed by atoms with Crippen molar-refractivity contribution in [3.05, 3.63) is 22.8 Å². The Morgan fingerprint density at radius 2 is 2.05 bits per heavy atom. The first-order valence-electron chi connectivity index (χ1n) is 8.19. The van der Waals surface area contributed by atoms with Crippen LogP contribution in [0.5, 0.6) is 5.88 Å². The van der Waals surface area contributed by atoms with Crippen molar-refractivity contribution in [1.82, 2.24) is 10.3 Å². The highest BCUT2D eigenvalue weighted by molar-refractivity contribution is 6.31. The topological polar surface area (TPSA) is 34.1 Å². The van der Waals surface area contributed by atoms with Gasteiger partial charge in [-0.1, -0.05) is 44.7 Å². The molecular weight excluding hydrogens is 284 g/mol. The Hall–Kier alpha value is -0.800. The number of rotatable bonds is 11. The normalized spacial score (nSPS) is 12.4. The van der Waals surface area contributed by atoms with E-state index < -0.39 is 0 Å². The van der Waals surface area contributed by atoms with Crippen molar-refractivity contribution in [2.45, 2.75) is 71.9 Å². The number of hydrogen-bond acceptors (Lipinski definition) is 3. The molecular formula is C17H29ClN2O. The summed E-state index contributed by atoms with van der Waals surface area (Å²) in [6, 6.07) is 1.94. The van der Waals surface area contributed by atoms with E-state index in [1.165, 1.54) is 25.7 Å². The molecule has 1 N–H and O–H groups in total. The van der Waals surface area contributed by atoms with E-state index in [0.717, 1.165) is 31.5 Å². The quantitative estimate of drug-likeness (QED) is 0.586. The standard InChI is InChI=1S/C17H29ClN2O/c1-4-6-7-8-9-14(3)21-17-16(18)11-15(13-20-17)12-19-10-5-2/h11,13-14,19H,4-10,12H2,1-3H3. The third kappa shape index (κ3) is 7.68. The minimum atomic E-state index is 0.163. The first kappa shape index (κ1) is 18.2. The van der Waals surface area contributed by atoms with Crippen molar-refractivity contribution in [3.63, 3.8) is 0 Å². The van der Waals surface area contributed by atoms with Crippen molar-refractivity contribution in [2.75, 3.05) is 6.54 Å². The number of unbranched alkanes of at least 4 members (excludes halogenated alkanes) is 3. The van der Waals surface area contributed by atoms with Crippen LogP contribution in [0.1, 0.15) is 64.9 Å². The van der Waals surface area contributed by atoms with Crippen LogP contribution in [0.25, 0.3) is 0 Å². The lowest BCUT2D eigenvalue weighted by Gasteiger charge is -2.15. The average Bonchev–Trinajstić information content (AvgIpc) is 2.47. The molecule has 0 fully saturated rings. The summed E-state index contributed by atoms with van der Waals surface area (Å²) in [7, 11) is 0. The van der Waals surface area contributed by atoms with Crippen molar-refractivity contribution < 1.29 is 4.74 Å². The second kappa shape index (κ2) is 10.9. The third-order valence-corrected chi connectivity index (χ3v) is 3.67. The van der Waals surface area contributed by atoms with Crippen LogP contribution >= 0.6 is 11.6 Å². The van der Waals surface area contributed by atoms with E-state index in [0.29, 0.717) is 10.9 Å². The van der Waals surface area contributed by atoms with Crippen LogP contribution in [0.3, 0.4) is 0 Å². The zero-order chi connectivity index (χ0) is 15.5. The molecule has 1 aromatic heterocycles. The van der Waals surface area contributed by atoms with Gasteiger partial charge >= 0.3 is 0 Å². The van der Waals surface area contributed by atoms with Gasteiger partial charge in [-0.15, -0.1) is 0 Å². The van der Waals surface area contributed by atoms with E-state index in [4.69, 9.17) is 16.3 Å². The number of nitrogens with zero attached hydrogens (tertiary/aromatic N) is 1.